The fourth-order valence-corrected chi connectivity index (χ4v) is 4.18. The number of hydrogen-bond acceptors (Lipinski definition) is 8. The van der Waals surface area contributed by atoms with E-state index in [-0.39, 0.29) is 12.3 Å². The number of carbonyl (C=O) groups is 1. The van der Waals surface area contributed by atoms with Crippen molar-refractivity contribution in [1.29, 1.82) is 0 Å². The van der Waals surface area contributed by atoms with E-state index < -0.39 is 0 Å². The van der Waals surface area contributed by atoms with E-state index in [4.69, 9.17) is 18.7 Å². The first-order valence-electron chi connectivity index (χ1n) is 9.87. The minimum absolute atomic E-state index is 0.0776. The largest absolute Gasteiger partial charge is 0.494 e. The molecule has 0 saturated heterocycles. The molecule has 158 valence electrons. The molecule has 0 radical (unpaired) electrons. The van der Waals surface area contributed by atoms with Crippen LogP contribution in [0.2, 0.25) is 0 Å². The molecule has 0 unspecified atom stereocenters. The van der Waals surface area contributed by atoms with Gasteiger partial charge in [0.25, 0.3) is 0 Å². The first-order chi connectivity index (χ1) is 15.2. The van der Waals surface area contributed by atoms with Gasteiger partial charge in [-0.05, 0) is 43.3 Å². The topological polar surface area (TPSA) is 95.7 Å². The van der Waals surface area contributed by atoms with Gasteiger partial charge in [-0.15, -0.1) is 0 Å². The predicted molar refractivity (Wildman–Crippen MR) is 116 cm³/mol. The summed E-state index contributed by atoms with van der Waals surface area (Å²) in [5.41, 5.74) is 2.15. The van der Waals surface area contributed by atoms with Crippen LogP contribution in [0.1, 0.15) is 12.6 Å². The zero-order chi connectivity index (χ0) is 21.2. The van der Waals surface area contributed by atoms with Crippen molar-refractivity contribution >= 4 is 32.6 Å². The van der Waals surface area contributed by atoms with Crippen LogP contribution in [-0.4, -0.2) is 35.9 Å². The highest BCUT2D eigenvalue weighted by molar-refractivity contribution is 7.22. The Morgan fingerprint density at radius 1 is 1.13 bits per heavy atom. The van der Waals surface area contributed by atoms with Gasteiger partial charge in [0.1, 0.15) is 19.0 Å². The fourth-order valence-electron chi connectivity index (χ4n) is 3.27. The van der Waals surface area contributed by atoms with Gasteiger partial charge in [0.15, 0.2) is 22.4 Å². The minimum atomic E-state index is -0.217. The Balaban J connectivity index is 1.26. The fraction of sp³-hybridized carbons (Fsp3) is 0.227. The normalized spacial score (nSPS) is 12.7. The van der Waals surface area contributed by atoms with Gasteiger partial charge in [-0.25, -0.2) is 4.98 Å². The molecule has 1 amide bonds. The second kappa shape index (κ2) is 8.27. The van der Waals surface area contributed by atoms with Crippen LogP contribution < -0.4 is 19.5 Å². The molecule has 2 aromatic carbocycles. The number of benzene rings is 2. The number of nitrogens with one attached hydrogen (secondary N) is 1. The predicted octanol–water partition coefficient (Wildman–Crippen LogP) is 4.30. The van der Waals surface area contributed by atoms with Gasteiger partial charge in [0, 0.05) is 11.6 Å². The van der Waals surface area contributed by atoms with Crippen molar-refractivity contribution < 1.29 is 23.5 Å². The van der Waals surface area contributed by atoms with Crippen molar-refractivity contribution in [2.24, 2.45) is 0 Å². The summed E-state index contributed by atoms with van der Waals surface area (Å²) in [6, 6.07) is 13.0. The molecule has 0 bridgehead atoms. The van der Waals surface area contributed by atoms with Gasteiger partial charge in [-0.1, -0.05) is 16.5 Å². The Morgan fingerprint density at radius 3 is 2.87 bits per heavy atom. The summed E-state index contributed by atoms with van der Waals surface area (Å²) in [6.07, 6.45) is 0.0776. The molecule has 1 N–H and O–H groups in total. The maximum absolute atomic E-state index is 12.5. The highest BCUT2D eigenvalue weighted by Gasteiger charge is 2.16. The third-order valence-corrected chi connectivity index (χ3v) is 5.58. The molecule has 9 heteroatoms. The summed E-state index contributed by atoms with van der Waals surface area (Å²) in [5.74, 6) is 2.50. The van der Waals surface area contributed by atoms with Crippen LogP contribution in [0.25, 0.3) is 21.5 Å². The van der Waals surface area contributed by atoms with E-state index in [1.165, 1.54) is 11.3 Å². The number of nitrogens with zero attached hydrogens (tertiary/aromatic N) is 2. The van der Waals surface area contributed by atoms with Crippen molar-refractivity contribution in [3.63, 3.8) is 0 Å². The first kappa shape index (κ1) is 19.4. The van der Waals surface area contributed by atoms with Gasteiger partial charge < -0.3 is 24.1 Å². The standard InChI is InChI=1S/C22H19N3O5S/c1-2-27-15-4-5-16-20(12-15)31-22(23-16)24-21(26)11-14-10-18(30-25-14)13-3-6-17-19(9-13)29-8-7-28-17/h3-6,9-10,12H,2,7-8,11H2,1H3,(H,23,24,26). The highest BCUT2D eigenvalue weighted by Crippen LogP contribution is 2.35. The highest BCUT2D eigenvalue weighted by atomic mass is 32.1. The zero-order valence-electron chi connectivity index (χ0n) is 16.7. The van der Waals surface area contributed by atoms with Crippen LogP contribution >= 0.6 is 11.3 Å². The summed E-state index contributed by atoms with van der Waals surface area (Å²) in [6.45, 7) is 3.58. The smallest absolute Gasteiger partial charge is 0.232 e. The van der Waals surface area contributed by atoms with Gasteiger partial charge in [0.2, 0.25) is 5.91 Å². The summed E-state index contributed by atoms with van der Waals surface area (Å²) >= 11 is 1.40. The van der Waals surface area contributed by atoms with E-state index in [0.29, 0.717) is 47.9 Å². The van der Waals surface area contributed by atoms with Gasteiger partial charge >= 0.3 is 0 Å². The van der Waals surface area contributed by atoms with Crippen molar-refractivity contribution in [1.82, 2.24) is 10.1 Å². The summed E-state index contributed by atoms with van der Waals surface area (Å²) < 4.78 is 23.0. The number of amides is 1. The molecule has 31 heavy (non-hydrogen) atoms. The van der Waals surface area contributed by atoms with Crippen LogP contribution in [0.3, 0.4) is 0 Å². The maximum atomic E-state index is 12.5. The van der Waals surface area contributed by atoms with Crippen LogP contribution in [0.15, 0.2) is 47.0 Å². The van der Waals surface area contributed by atoms with E-state index >= 15 is 0 Å². The number of rotatable bonds is 6. The minimum Gasteiger partial charge on any atom is -0.494 e. The molecule has 0 saturated carbocycles. The van der Waals surface area contributed by atoms with Crippen LogP contribution in [0, 0.1) is 0 Å². The van der Waals surface area contributed by atoms with E-state index in [0.717, 1.165) is 21.5 Å². The van der Waals surface area contributed by atoms with Crippen LogP contribution in [-0.2, 0) is 11.2 Å². The Labute approximate surface area is 181 Å². The van der Waals surface area contributed by atoms with Gasteiger partial charge in [-0.3, -0.25) is 4.79 Å². The van der Waals surface area contributed by atoms with Crippen molar-refractivity contribution in [3.8, 4) is 28.6 Å². The quantitative estimate of drug-likeness (QED) is 0.480. The molecule has 5 rings (SSSR count). The number of anilines is 1. The molecular formula is C22H19N3O5S. The van der Waals surface area contributed by atoms with Crippen molar-refractivity contribution in [2.45, 2.75) is 13.3 Å². The molecule has 2 aromatic heterocycles. The van der Waals surface area contributed by atoms with Gasteiger partial charge in [-0.2, -0.15) is 0 Å². The van der Waals surface area contributed by atoms with E-state index in [2.05, 4.69) is 15.5 Å². The molecule has 3 heterocycles. The molecule has 0 aliphatic carbocycles. The van der Waals surface area contributed by atoms with Crippen molar-refractivity contribution in [3.05, 3.63) is 48.2 Å². The van der Waals surface area contributed by atoms with Gasteiger partial charge in [0.05, 0.1) is 28.9 Å². The second-order valence-electron chi connectivity index (χ2n) is 6.85. The Kier molecular flexibility index (Phi) is 5.17. The Hall–Kier alpha value is -3.59. The third kappa shape index (κ3) is 4.17. The zero-order valence-corrected chi connectivity index (χ0v) is 17.5. The van der Waals surface area contributed by atoms with E-state index in [9.17, 15) is 4.79 Å². The lowest BCUT2D eigenvalue weighted by Crippen LogP contribution is -2.15. The summed E-state index contributed by atoms with van der Waals surface area (Å²) in [7, 11) is 0. The summed E-state index contributed by atoms with van der Waals surface area (Å²) in [4.78, 5) is 16.9. The number of ether oxygens (including phenoxy) is 3. The summed E-state index contributed by atoms with van der Waals surface area (Å²) in [5, 5.41) is 7.38. The average molecular weight is 437 g/mol. The Bertz CT molecular complexity index is 1250. The maximum Gasteiger partial charge on any atom is 0.232 e. The van der Waals surface area contributed by atoms with E-state index in [1.54, 1.807) is 6.07 Å². The molecule has 1 aliphatic rings. The second-order valence-corrected chi connectivity index (χ2v) is 7.88. The van der Waals surface area contributed by atoms with Crippen LogP contribution in [0.5, 0.6) is 17.2 Å². The molecule has 1 aliphatic heterocycles. The SMILES string of the molecule is CCOc1ccc2nc(NC(=O)Cc3cc(-c4ccc5c(c4)OCCO5)on3)sc2c1. The lowest BCUT2D eigenvalue weighted by Gasteiger charge is -2.18. The number of thiazole rings is 1. The lowest BCUT2D eigenvalue weighted by atomic mass is 10.1. The average Bonchev–Trinajstić information content (AvgIpc) is 3.39. The van der Waals surface area contributed by atoms with Crippen molar-refractivity contribution in [2.75, 3.05) is 25.1 Å². The lowest BCUT2D eigenvalue weighted by molar-refractivity contribution is -0.115. The van der Waals surface area contributed by atoms with E-state index in [1.807, 2.05) is 43.3 Å². The number of aromatic nitrogens is 2. The Morgan fingerprint density at radius 2 is 2.00 bits per heavy atom. The third-order valence-electron chi connectivity index (χ3n) is 4.64. The molecule has 0 fully saturated rings. The molecule has 0 atom stereocenters. The number of carbonyl (C=O) groups excluding carboxylic acids is 1. The molecule has 4 aromatic rings. The number of fused-ring (bicyclic) bond motifs is 2. The molecular weight excluding hydrogens is 418 g/mol. The molecule has 0 spiro atoms. The van der Waals surface area contributed by atoms with Crippen LogP contribution in [0.4, 0.5) is 5.13 Å². The monoisotopic (exact) mass is 437 g/mol. The number of hydrogen-bond donors (Lipinski definition) is 1. The molecule has 8 nitrogen and oxygen atoms in total. The first-order valence-corrected chi connectivity index (χ1v) is 10.7.